The number of carbonyl (C=O) groups excluding carboxylic acids is 1. The summed E-state index contributed by atoms with van der Waals surface area (Å²) in [6.07, 6.45) is 1.72. The smallest absolute Gasteiger partial charge is 0.328 e. The summed E-state index contributed by atoms with van der Waals surface area (Å²) in [5.74, 6) is -1.70. The normalized spacial score (nSPS) is 10.7. The van der Waals surface area contributed by atoms with Crippen LogP contribution < -0.4 is 5.32 Å². The molecule has 0 spiro atoms. The highest BCUT2D eigenvalue weighted by Gasteiger charge is 2.06. The predicted molar refractivity (Wildman–Crippen MR) is 80.7 cm³/mol. The fraction of sp³-hybridized carbons (Fsp3) is 0. The number of halogens is 1. The van der Waals surface area contributed by atoms with Crippen LogP contribution in [-0.2, 0) is 9.59 Å². The lowest BCUT2D eigenvalue weighted by Crippen LogP contribution is -2.08. The van der Waals surface area contributed by atoms with Crippen LogP contribution in [0.3, 0.4) is 0 Å². The minimum Gasteiger partial charge on any atom is -0.478 e. The van der Waals surface area contributed by atoms with Crippen LogP contribution in [0.25, 0.3) is 11.3 Å². The molecule has 1 aromatic carbocycles. The molecule has 0 aliphatic heterocycles. The van der Waals surface area contributed by atoms with Gasteiger partial charge < -0.3 is 5.11 Å². The topological polar surface area (TPSA) is 79.3 Å². The Morgan fingerprint density at radius 1 is 1.25 bits per heavy atom. The first kappa shape index (κ1) is 14.4. The number of carboxylic acid groups (broad SMARTS) is 1. The molecule has 0 bridgehead atoms. The van der Waals surface area contributed by atoms with Gasteiger partial charge in [0.05, 0.1) is 5.69 Å². The van der Waals surface area contributed by atoms with E-state index in [0.717, 1.165) is 27.9 Å². The van der Waals surface area contributed by atoms with E-state index in [9.17, 15) is 9.59 Å². The molecular formula is C13H9BrN2O3S. The zero-order valence-electron chi connectivity index (χ0n) is 10.0. The number of rotatable bonds is 4. The maximum Gasteiger partial charge on any atom is 0.328 e. The van der Waals surface area contributed by atoms with Gasteiger partial charge in [-0.2, -0.15) is 0 Å². The van der Waals surface area contributed by atoms with Crippen molar-refractivity contribution in [3.8, 4) is 11.3 Å². The number of thiazole rings is 1. The summed E-state index contributed by atoms with van der Waals surface area (Å²) in [6, 6.07) is 7.63. The van der Waals surface area contributed by atoms with Crippen LogP contribution in [0.15, 0.2) is 46.3 Å². The molecule has 0 saturated heterocycles. The molecule has 2 aromatic rings. The maximum absolute atomic E-state index is 11.4. The van der Waals surface area contributed by atoms with E-state index in [1.54, 1.807) is 0 Å². The Morgan fingerprint density at radius 3 is 2.60 bits per heavy atom. The lowest BCUT2D eigenvalue weighted by atomic mass is 10.2. The Kier molecular flexibility index (Phi) is 4.65. The number of hydrogen-bond acceptors (Lipinski definition) is 4. The van der Waals surface area contributed by atoms with Gasteiger partial charge in [-0.3, -0.25) is 10.1 Å². The molecule has 7 heteroatoms. The van der Waals surface area contributed by atoms with Crippen LogP contribution in [-0.4, -0.2) is 22.0 Å². The number of nitrogens with one attached hydrogen (secondary N) is 1. The van der Waals surface area contributed by atoms with E-state index in [0.29, 0.717) is 5.13 Å². The standard InChI is InChI=1S/C13H9BrN2O3S/c14-9-3-1-8(2-4-9)10-7-20-13(15-10)16-11(17)5-6-12(18)19/h1-7H,(H,18,19)(H,15,16,17)/b6-5+. The van der Waals surface area contributed by atoms with Crippen molar-refractivity contribution in [2.45, 2.75) is 0 Å². The first-order valence-electron chi connectivity index (χ1n) is 5.48. The molecule has 2 rings (SSSR count). The van der Waals surface area contributed by atoms with Gasteiger partial charge in [0.2, 0.25) is 5.91 Å². The number of aliphatic carboxylic acids is 1. The monoisotopic (exact) mass is 352 g/mol. The molecule has 1 aromatic heterocycles. The Bertz CT molecular complexity index is 665. The molecule has 5 nitrogen and oxygen atoms in total. The van der Waals surface area contributed by atoms with Crippen LogP contribution in [0.4, 0.5) is 5.13 Å². The van der Waals surface area contributed by atoms with Gasteiger partial charge in [0.1, 0.15) is 0 Å². The molecule has 0 saturated carbocycles. The Labute approximate surface area is 127 Å². The molecule has 0 atom stereocenters. The fourth-order valence-electron chi connectivity index (χ4n) is 1.38. The van der Waals surface area contributed by atoms with E-state index in [2.05, 4.69) is 26.2 Å². The number of amides is 1. The van der Waals surface area contributed by atoms with Crippen LogP contribution in [0.5, 0.6) is 0 Å². The summed E-state index contributed by atoms with van der Waals surface area (Å²) in [5.41, 5.74) is 1.69. The average molecular weight is 353 g/mol. The summed E-state index contributed by atoms with van der Waals surface area (Å²) >= 11 is 4.63. The van der Waals surface area contributed by atoms with Crippen LogP contribution in [0, 0.1) is 0 Å². The van der Waals surface area contributed by atoms with Gasteiger partial charge in [-0.25, -0.2) is 9.78 Å². The second-order valence-electron chi connectivity index (χ2n) is 3.71. The Morgan fingerprint density at radius 2 is 1.95 bits per heavy atom. The minimum absolute atomic E-state index is 0.419. The number of carbonyl (C=O) groups is 2. The first-order chi connectivity index (χ1) is 9.54. The molecule has 0 fully saturated rings. The van der Waals surface area contributed by atoms with E-state index in [4.69, 9.17) is 5.11 Å². The molecule has 0 aliphatic rings. The summed E-state index contributed by atoms with van der Waals surface area (Å²) in [7, 11) is 0. The molecule has 2 N–H and O–H groups in total. The lowest BCUT2D eigenvalue weighted by molar-refractivity contribution is -0.131. The summed E-state index contributed by atoms with van der Waals surface area (Å²) in [6.45, 7) is 0. The molecule has 0 aliphatic carbocycles. The zero-order valence-corrected chi connectivity index (χ0v) is 12.4. The third-order valence-electron chi connectivity index (χ3n) is 2.25. The van der Waals surface area contributed by atoms with Crippen molar-refractivity contribution in [2.24, 2.45) is 0 Å². The van der Waals surface area contributed by atoms with Crippen molar-refractivity contribution < 1.29 is 14.7 Å². The van der Waals surface area contributed by atoms with Crippen molar-refractivity contribution in [2.75, 3.05) is 5.32 Å². The zero-order chi connectivity index (χ0) is 14.5. The van der Waals surface area contributed by atoms with Gasteiger partial charge in [-0.1, -0.05) is 28.1 Å². The second kappa shape index (κ2) is 6.44. The average Bonchev–Trinajstić information content (AvgIpc) is 2.85. The molecule has 20 heavy (non-hydrogen) atoms. The SMILES string of the molecule is O=C(O)/C=C/C(=O)Nc1nc(-c2ccc(Br)cc2)cs1. The first-order valence-corrected chi connectivity index (χ1v) is 7.15. The summed E-state index contributed by atoms with van der Waals surface area (Å²) in [4.78, 5) is 26.0. The highest BCUT2D eigenvalue weighted by Crippen LogP contribution is 2.25. The fourth-order valence-corrected chi connectivity index (χ4v) is 2.37. The second-order valence-corrected chi connectivity index (χ2v) is 5.48. The molecule has 0 unspecified atom stereocenters. The Hall–Kier alpha value is -1.99. The predicted octanol–water partition coefficient (Wildman–Crippen LogP) is 3.15. The number of nitrogens with zero attached hydrogens (tertiary/aromatic N) is 1. The number of benzene rings is 1. The molecule has 102 valence electrons. The molecule has 0 radical (unpaired) electrons. The quantitative estimate of drug-likeness (QED) is 0.828. The summed E-state index contributed by atoms with van der Waals surface area (Å²) in [5, 5.41) is 13.2. The van der Waals surface area contributed by atoms with Crippen LogP contribution in [0.1, 0.15) is 0 Å². The maximum atomic E-state index is 11.4. The van der Waals surface area contributed by atoms with E-state index < -0.39 is 11.9 Å². The van der Waals surface area contributed by atoms with E-state index >= 15 is 0 Å². The van der Waals surface area contributed by atoms with E-state index in [1.165, 1.54) is 11.3 Å². The van der Waals surface area contributed by atoms with Crippen LogP contribution in [0.2, 0.25) is 0 Å². The summed E-state index contributed by atoms with van der Waals surface area (Å²) < 4.78 is 0.976. The highest BCUT2D eigenvalue weighted by atomic mass is 79.9. The number of hydrogen-bond donors (Lipinski definition) is 2. The third kappa shape index (κ3) is 4.01. The van der Waals surface area contributed by atoms with E-state index in [-0.39, 0.29) is 0 Å². The Balaban J connectivity index is 2.07. The number of aromatic nitrogens is 1. The van der Waals surface area contributed by atoms with Gasteiger partial charge in [0.15, 0.2) is 5.13 Å². The highest BCUT2D eigenvalue weighted by molar-refractivity contribution is 9.10. The third-order valence-corrected chi connectivity index (χ3v) is 3.54. The largest absolute Gasteiger partial charge is 0.478 e. The number of carboxylic acids is 1. The van der Waals surface area contributed by atoms with E-state index in [1.807, 2.05) is 29.6 Å². The molecular weight excluding hydrogens is 344 g/mol. The molecule has 1 amide bonds. The minimum atomic E-state index is -1.17. The van der Waals surface area contributed by atoms with Crippen LogP contribution >= 0.6 is 27.3 Å². The lowest BCUT2D eigenvalue weighted by Gasteiger charge is -1.97. The molecule has 1 heterocycles. The van der Waals surface area contributed by atoms with Crippen molar-refractivity contribution in [3.63, 3.8) is 0 Å². The number of anilines is 1. The van der Waals surface area contributed by atoms with Gasteiger partial charge in [0.25, 0.3) is 0 Å². The van der Waals surface area contributed by atoms with Crippen molar-refractivity contribution >= 4 is 44.3 Å². The van der Waals surface area contributed by atoms with Gasteiger partial charge >= 0.3 is 5.97 Å². The van der Waals surface area contributed by atoms with Gasteiger partial charge in [0, 0.05) is 27.6 Å². The van der Waals surface area contributed by atoms with Gasteiger partial charge in [-0.05, 0) is 12.1 Å². The van der Waals surface area contributed by atoms with Crippen molar-refractivity contribution in [3.05, 3.63) is 46.3 Å². The van der Waals surface area contributed by atoms with Crippen molar-refractivity contribution in [1.29, 1.82) is 0 Å². The van der Waals surface area contributed by atoms with Crippen molar-refractivity contribution in [1.82, 2.24) is 4.98 Å². The van der Waals surface area contributed by atoms with Gasteiger partial charge in [-0.15, -0.1) is 11.3 Å².